The van der Waals surface area contributed by atoms with Crippen molar-refractivity contribution in [3.8, 4) is 0 Å². The van der Waals surface area contributed by atoms with Crippen LogP contribution in [0.2, 0.25) is 0 Å². The van der Waals surface area contributed by atoms with E-state index in [0.29, 0.717) is 5.56 Å². The Labute approximate surface area is 140 Å². The number of alkyl carbamates (subject to hydrolysis) is 1. The lowest BCUT2D eigenvalue weighted by Crippen LogP contribution is -2.36. The minimum atomic E-state index is -1.22. The van der Waals surface area contributed by atoms with E-state index in [1.54, 1.807) is 51.1 Å². The molecule has 0 radical (unpaired) electrons. The predicted molar refractivity (Wildman–Crippen MR) is 86.5 cm³/mol. The highest BCUT2D eigenvalue weighted by molar-refractivity contribution is 5.78. The molecule has 0 bridgehead atoms. The molecule has 3 N–H and O–H groups in total. The van der Waals surface area contributed by atoms with Crippen molar-refractivity contribution in [3.63, 3.8) is 0 Å². The summed E-state index contributed by atoms with van der Waals surface area (Å²) in [5, 5.41) is 20.7. The Balaban J connectivity index is 2.95. The van der Waals surface area contributed by atoms with Crippen LogP contribution in [0.15, 0.2) is 30.3 Å². The zero-order valence-electron chi connectivity index (χ0n) is 14.0. The second-order valence-corrected chi connectivity index (χ2v) is 6.48. The number of carboxylic acids is 2. The molecule has 0 aromatic heterocycles. The van der Waals surface area contributed by atoms with Crippen LogP contribution in [-0.2, 0) is 14.3 Å². The molecule has 1 unspecified atom stereocenters. The van der Waals surface area contributed by atoms with Crippen molar-refractivity contribution in [2.24, 2.45) is 5.92 Å². The number of aliphatic carboxylic acids is 2. The molecule has 0 heterocycles. The van der Waals surface area contributed by atoms with E-state index in [1.165, 1.54) is 0 Å². The van der Waals surface area contributed by atoms with Crippen LogP contribution >= 0.6 is 0 Å². The summed E-state index contributed by atoms with van der Waals surface area (Å²) in [6, 6.07) is 8.11. The summed E-state index contributed by atoms with van der Waals surface area (Å²) >= 11 is 0. The van der Waals surface area contributed by atoms with Gasteiger partial charge in [0.1, 0.15) is 5.60 Å². The van der Waals surface area contributed by atoms with Gasteiger partial charge in [-0.15, -0.1) is 0 Å². The van der Waals surface area contributed by atoms with Gasteiger partial charge in [0.05, 0.1) is 18.4 Å². The van der Waals surface area contributed by atoms with E-state index in [0.717, 1.165) is 0 Å². The number of carbonyl (C=O) groups is 3. The highest BCUT2D eigenvalue weighted by Crippen LogP contribution is 2.24. The minimum Gasteiger partial charge on any atom is -0.481 e. The van der Waals surface area contributed by atoms with Crippen LogP contribution in [0.4, 0.5) is 4.79 Å². The molecule has 0 fully saturated rings. The first-order chi connectivity index (χ1) is 11.1. The van der Waals surface area contributed by atoms with Crippen LogP contribution in [0.3, 0.4) is 0 Å². The Morgan fingerprint density at radius 1 is 1.12 bits per heavy atom. The van der Waals surface area contributed by atoms with E-state index in [-0.39, 0.29) is 6.42 Å². The summed E-state index contributed by atoms with van der Waals surface area (Å²) < 4.78 is 5.20. The van der Waals surface area contributed by atoms with Crippen LogP contribution < -0.4 is 5.32 Å². The average Bonchev–Trinajstić information content (AvgIpc) is 2.44. The van der Waals surface area contributed by atoms with Gasteiger partial charge < -0.3 is 20.3 Å². The maximum absolute atomic E-state index is 12.0. The number of rotatable bonds is 7. The van der Waals surface area contributed by atoms with Crippen molar-refractivity contribution in [1.29, 1.82) is 0 Å². The molecular weight excluding hydrogens is 314 g/mol. The summed E-state index contributed by atoms with van der Waals surface area (Å²) in [5.41, 5.74) is -0.0153. The van der Waals surface area contributed by atoms with Gasteiger partial charge in [-0.2, -0.15) is 0 Å². The summed E-state index contributed by atoms with van der Waals surface area (Å²) in [5.74, 6) is -3.54. The first-order valence-corrected chi connectivity index (χ1v) is 7.57. The number of nitrogens with one attached hydrogen (secondary N) is 1. The fourth-order valence-electron chi connectivity index (χ4n) is 2.18. The molecule has 132 valence electrons. The highest BCUT2D eigenvalue weighted by atomic mass is 16.6. The van der Waals surface area contributed by atoms with Crippen LogP contribution in [0.25, 0.3) is 0 Å². The number of hydrogen-bond acceptors (Lipinski definition) is 4. The van der Waals surface area contributed by atoms with Crippen LogP contribution in [0, 0.1) is 5.92 Å². The van der Waals surface area contributed by atoms with Gasteiger partial charge in [-0.1, -0.05) is 30.3 Å². The quantitative estimate of drug-likeness (QED) is 0.705. The van der Waals surface area contributed by atoms with Crippen LogP contribution in [-0.4, -0.2) is 33.8 Å². The lowest BCUT2D eigenvalue weighted by atomic mass is 9.92. The standard InChI is InChI=1S/C17H23NO6/c1-17(2,3)24-16(23)18-13(11-7-5-4-6-8-11)9-12(15(21)22)10-14(19)20/h4-8,12-13H,9-10H2,1-3H3,(H,18,23)(H,19,20)(H,21,22)/t12-,13?/m0/s1. The molecule has 24 heavy (non-hydrogen) atoms. The van der Waals surface area contributed by atoms with Crippen molar-refractivity contribution < 1.29 is 29.3 Å². The van der Waals surface area contributed by atoms with Gasteiger partial charge in [0.15, 0.2) is 0 Å². The van der Waals surface area contributed by atoms with Crippen molar-refractivity contribution >= 4 is 18.0 Å². The molecule has 0 spiro atoms. The topological polar surface area (TPSA) is 113 Å². The SMILES string of the molecule is CC(C)(C)OC(=O)NC(C[C@@H](CC(=O)O)C(=O)O)c1ccccc1. The molecule has 1 rings (SSSR count). The van der Waals surface area contributed by atoms with E-state index >= 15 is 0 Å². The molecule has 0 aliphatic heterocycles. The van der Waals surface area contributed by atoms with Gasteiger partial charge in [0.25, 0.3) is 0 Å². The number of amides is 1. The maximum atomic E-state index is 12.0. The van der Waals surface area contributed by atoms with E-state index in [2.05, 4.69) is 5.32 Å². The first kappa shape index (κ1) is 19.5. The third-order valence-corrected chi connectivity index (χ3v) is 3.18. The molecule has 7 nitrogen and oxygen atoms in total. The van der Waals surface area contributed by atoms with Crippen molar-refractivity contribution in [2.45, 2.75) is 45.3 Å². The summed E-state index contributed by atoms with van der Waals surface area (Å²) in [6.45, 7) is 5.15. The fraction of sp³-hybridized carbons (Fsp3) is 0.471. The van der Waals surface area contributed by atoms with E-state index in [4.69, 9.17) is 9.84 Å². The third kappa shape index (κ3) is 7.13. The molecule has 2 atom stereocenters. The molecule has 0 saturated carbocycles. The summed E-state index contributed by atoms with van der Waals surface area (Å²) in [4.78, 5) is 34.2. The van der Waals surface area contributed by atoms with Crippen LogP contribution in [0.1, 0.15) is 45.2 Å². The molecule has 1 aromatic carbocycles. The number of carbonyl (C=O) groups excluding carboxylic acids is 1. The minimum absolute atomic E-state index is 0.0507. The first-order valence-electron chi connectivity index (χ1n) is 7.57. The second-order valence-electron chi connectivity index (χ2n) is 6.48. The van der Waals surface area contributed by atoms with Gasteiger partial charge in [0, 0.05) is 0 Å². The van der Waals surface area contributed by atoms with E-state index in [1.807, 2.05) is 0 Å². The molecule has 7 heteroatoms. The third-order valence-electron chi connectivity index (χ3n) is 3.18. The lowest BCUT2D eigenvalue weighted by molar-refractivity contribution is -0.148. The van der Waals surface area contributed by atoms with Gasteiger partial charge in [0.2, 0.25) is 0 Å². The maximum Gasteiger partial charge on any atom is 0.408 e. The van der Waals surface area contributed by atoms with E-state index < -0.39 is 42.0 Å². The molecular formula is C17H23NO6. The smallest absolute Gasteiger partial charge is 0.408 e. The molecule has 0 aliphatic rings. The summed E-state index contributed by atoms with van der Waals surface area (Å²) in [6.07, 6.45) is -1.25. The number of carboxylic acid groups (broad SMARTS) is 2. The molecule has 0 saturated heterocycles. The van der Waals surface area contributed by atoms with Gasteiger partial charge in [-0.05, 0) is 32.8 Å². The lowest BCUT2D eigenvalue weighted by Gasteiger charge is -2.25. The normalized spacial score (nSPS) is 13.6. The monoisotopic (exact) mass is 337 g/mol. The zero-order valence-corrected chi connectivity index (χ0v) is 14.0. The van der Waals surface area contributed by atoms with Gasteiger partial charge >= 0.3 is 18.0 Å². The second kappa shape index (κ2) is 8.33. The molecule has 0 aliphatic carbocycles. The van der Waals surface area contributed by atoms with Gasteiger partial charge in [-0.25, -0.2) is 4.79 Å². The predicted octanol–water partition coefficient (Wildman–Crippen LogP) is 2.82. The Morgan fingerprint density at radius 3 is 2.17 bits per heavy atom. The zero-order chi connectivity index (χ0) is 18.3. The molecule has 1 amide bonds. The Morgan fingerprint density at radius 2 is 1.71 bits per heavy atom. The Bertz CT molecular complexity index is 578. The van der Waals surface area contributed by atoms with E-state index in [9.17, 15) is 19.5 Å². The highest BCUT2D eigenvalue weighted by Gasteiger charge is 2.28. The van der Waals surface area contributed by atoms with Crippen LogP contribution in [0.5, 0.6) is 0 Å². The van der Waals surface area contributed by atoms with Crippen molar-refractivity contribution in [1.82, 2.24) is 5.32 Å². The Hall–Kier alpha value is -2.57. The largest absolute Gasteiger partial charge is 0.481 e. The van der Waals surface area contributed by atoms with Gasteiger partial charge in [-0.3, -0.25) is 9.59 Å². The average molecular weight is 337 g/mol. The fourth-order valence-corrected chi connectivity index (χ4v) is 2.18. The number of benzene rings is 1. The molecule has 1 aromatic rings. The van der Waals surface area contributed by atoms with Crippen molar-refractivity contribution in [3.05, 3.63) is 35.9 Å². The summed E-state index contributed by atoms with van der Waals surface area (Å²) in [7, 11) is 0. The number of hydrogen-bond donors (Lipinski definition) is 3. The van der Waals surface area contributed by atoms with Crippen molar-refractivity contribution in [2.75, 3.05) is 0 Å². The Kier molecular flexibility index (Phi) is 6.76. The number of ether oxygens (including phenoxy) is 1.